The largest absolute Gasteiger partial charge is 0.477 e. The van der Waals surface area contributed by atoms with E-state index < -0.39 is 29.2 Å². The van der Waals surface area contributed by atoms with E-state index in [1.165, 1.54) is 28.6 Å². The lowest BCUT2D eigenvalue weighted by Crippen LogP contribution is -2.71. The number of rotatable bonds is 7. The van der Waals surface area contributed by atoms with Gasteiger partial charge in [-0.15, -0.1) is 34.4 Å². The lowest BCUT2D eigenvalue weighted by molar-refractivity contribution is -0.687. The van der Waals surface area contributed by atoms with Crippen LogP contribution in [0, 0.1) is 6.92 Å². The van der Waals surface area contributed by atoms with Gasteiger partial charge in [-0.1, -0.05) is 5.16 Å². The molecule has 36 heavy (non-hydrogen) atoms. The number of aryl methyl sites for hydroxylation is 1. The zero-order valence-electron chi connectivity index (χ0n) is 19.1. The summed E-state index contributed by atoms with van der Waals surface area (Å²) in [6.07, 6.45) is 3.88. The van der Waals surface area contributed by atoms with Crippen molar-refractivity contribution in [2.45, 2.75) is 24.9 Å². The molecule has 0 saturated carbocycles. The van der Waals surface area contributed by atoms with Crippen LogP contribution in [0.1, 0.15) is 10.6 Å². The highest BCUT2D eigenvalue weighted by Crippen LogP contribution is 2.40. The number of nitrogen functional groups attached to an aromatic ring is 1. The van der Waals surface area contributed by atoms with E-state index in [0.717, 1.165) is 21.4 Å². The topological polar surface area (TPSA) is 151 Å². The van der Waals surface area contributed by atoms with Crippen LogP contribution in [0.25, 0.3) is 10.1 Å². The number of anilines is 1. The van der Waals surface area contributed by atoms with Crippen LogP contribution in [-0.4, -0.2) is 62.8 Å². The number of hydrogen-bond acceptors (Lipinski definition) is 10. The summed E-state index contributed by atoms with van der Waals surface area (Å²) in [6, 6.07) is 3.18. The minimum absolute atomic E-state index is 0.0404. The summed E-state index contributed by atoms with van der Waals surface area (Å²) < 4.78 is 3.08. The summed E-state index contributed by atoms with van der Waals surface area (Å²) >= 11 is 4.23. The van der Waals surface area contributed by atoms with E-state index in [2.05, 4.69) is 21.5 Å². The van der Waals surface area contributed by atoms with E-state index >= 15 is 0 Å². The first-order valence-electron chi connectivity index (χ1n) is 10.7. The van der Waals surface area contributed by atoms with Gasteiger partial charge in [-0.2, -0.15) is 0 Å². The molecule has 11 nitrogen and oxygen atoms in total. The van der Waals surface area contributed by atoms with Crippen molar-refractivity contribution >= 4 is 73.1 Å². The number of nitrogens with two attached hydrogens (primary N) is 1. The van der Waals surface area contributed by atoms with Gasteiger partial charge in [0, 0.05) is 32.3 Å². The predicted molar refractivity (Wildman–Crippen MR) is 137 cm³/mol. The van der Waals surface area contributed by atoms with Gasteiger partial charge in [0.15, 0.2) is 29.8 Å². The third kappa shape index (κ3) is 4.31. The summed E-state index contributed by atoms with van der Waals surface area (Å²) in [5, 5.41) is 18.7. The van der Waals surface area contributed by atoms with Crippen molar-refractivity contribution in [3.05, 3.63) is 51.7 Å². The molecule has 2 aliphatic heterocycles. The number of thiazole rings is 1. The Morgan fingerprint density at radius 1 is 1.44 bits per heavy atom. The molecule has 5 rings (SSSR count). The Labute approximate surface area is 217 Å². The van der Waals surface area contributed by atoms with Crippen molar-refractivity contribution in [2.75, 3.05) is 18.6 Å². The van der Waals surface area contributed by atoms with Gasteiger partial charge in [-0.25, -0.2) is 14.3 Å². The number of nitrogens with one attached hydrogen (secondary N) is 1. The summed E-state index contributed by atoms with van der Waals surface area (Å²) in [4.78, 5) is 49.4. The molecule has 2 aliphatic rings. The van der Waals surface area contributed by atoms with E-state index in [0.29, 0.717) is 17.9 Å². The molecule has 0 bridgehead atoms. The average Bonchev–Trinajstić information content (AvgIpc) is 3.44. The van der Waals surface area contributed by atoms with Gasteiger partial charge in [0.25, 0.3) is 11.8 Å². The van der Waals surface area contributed by atoms with Gasteiger partial charge in [0.2, 0.25) is 0 Å². The third-order valence-electron chi connectivity index (χ3n) is 5.71. The normalized spacial score (nSPS) is 19.8. The summed E-state index contributed by atoms with van der Waals surface area (Å²) in [5.74, 6) is -1.94. The Kier molecular flexibility index (Phi) is 6.40. The fourth-order valence-corrected chi connectivity index (χ4v) is 6.97. The number of amides is 2. The number of aromatic nitrogens is 2. The predicted octanol–water partition coefficient (Wildman–Crippen LogP) is 1.33. The van der Waals surface area contributed by atoms with Gasteiger partial charge in [0.1, 0.15) is 29.9 Å². The van der Waals surface area contributed by atoms with Gasteiger partial charge in [0.05, 0.1) is 5.39 Å². The van der Waals surface area contributed by atoms with Crippen LogP contribution in [0.3, 0.4) is 0 Å². The molecule has 14 heteroatoms. The number of aliphatic carboxylic acids is 1. The van der Waals surface area contributed by atoms with E-state index in [1.54, 1.807) is 16.7 Å². The van der Waals surface area contributed by atoms with Gasteiger partial charge >= 0.3 is 5.97 Å². The first-order valence-corrected chi connectivity index (χ1v) is 13.4. The van der Waals surface area contributed by atoms with E-state index in [9.17, 15) is 19.5 Å². The molecule has 2 atom stereocenters. The molecule has 3 aromatic rings. The maximum atomic E-state index is 13.0. The number of thioether (sulfide) groups is 1. The minimum atomic E-state index is -1.18. The van der Waals surface area contributed by atoms with E-state index in [1.807, 2.05) is 30.0 Å². The van der Waals surface area contributed by atoms with Gasteiger partial charge in [-0.3, -0.25) is 14.5 Å². The lowest BCUT2D eigenvalue weighted by atomic mass is 10.0. The lowest BCUT2D eigenvalue weighted by Gasteiger charge is -2.49. The number of hydrogen-bond donors (Lipinski definition) is 3. The zero-order valence-corrected chi connectivity index (χ0v) is 21.6. The Hall–Kier alpha value is -3.49. The smallest absolute Gasteiger partial charge is 0.352 e. The average molecular weight is 546 g/mol. The van der Waals surface area contributed by atoms with Crippen LogP contribution in [-0.2, 0) is 25.8 Å². The Balaban J connectivity index is 1.36. The molecule has 2 amide bonds. The number of β-lactam (4-membered cyclic amide) rings is 1. The van der Waals surface area contributed by atoms with E-state index in [-0.39, 0.29) is 22.2 Å². The van der Waals surface area contributed by atoms with Crippen LogP contribution in [0.4, 0.5) is 5.13 Å². The highest BCUT2D eigenvalue weighted by Gasteiger charge is 2.54. The first-order chi connectivity index (χ1) is 17.3. The van der Waals surface area contributed by atoms with Crippen molar-refractivity contribution in [1.82, 2.24) is 15.2 Å². The van der Waals surface area contributed by atoms with Crippen molar-refractivity contribution in [3.8, 4) is 0 Å². The molecule has 0 aliphatic carbocycles. The molecule has 3 aromatic heterocycles. The summed E-state index contributed by atoms with van der Waals surface area (Å²) in [6.45, 7) is 2.38. The number of carboxylic acid groups (broad SMARTS) is 1. The zero-order chi connectivity index (χ0) is 25.6. The highest BCUT2D eigenvalue weighted by atomic mass is 32.2. The third-order valence-corrected chi connectivity index (χ3v) is 8.75. The fraction of sp³-hybridized carbons (Fsp3) is 0.273. The van der Waals surface area contributed by atoms with Crippen molar-refractivity contribution < 1.29 is 28.9 Å². The monoisotopic (exact) mass is 545 g/mol. The van der Waals surface area contributed by atoms with Crippen molar-refractivity contribution in [1.29, 1.82) is 0 Å². The number of nitrogens with zero attached hydrogens (tertiary/aromatic N) is 4. The van der Waals surface area contributed by atoms with Crippen LogP contribution in [0.2, 0.25) is 0 Å². The number of pyridine rings is 1. The van der Waals surface area contributed by atoms with Gasteiger partial charge in [-0.05, 0) is 13.0 Å². The summed E-state index contributed by atoms with van der Waals surface area (Å²) in [5.41, 5.74) is 6.34. The number of carbonyl (C=O) groups is 3. The van der Waals surface area contributed by atoms with Crippen molar-refractivity contribution in [3.63, 3.8) is 0 Å². The standard InChI is InChI=1S/C22H20N6O5S3/c1-10-5-11-6-27(4-3-14(11)36-10)7-12-8-34-20-16(19(30)28(20)17(12)21(31)32)25-18(29)15(26-33-2)13-9-35-22(23)24-13/h3-6,9,16,20H,7-8H2,1-2H3,(H3-,23,24,25,29,31,32)/p+1/b26-15-/t16-,20-/m1/s1. The molecule has 5 heterocycles. The number of fused-ring (bicyclic) bond motifs is 2. The maximum Gasteiger partial charge on any atom is 0.352 e. The SMILES string of the molecule is CO/N=C(\C(=O)N[C@@H]1C(=O)N2C(C(=O)O)=C(C[n+]3ccc4sc(C)cc4c3)CS[C@H]12)c1csc(N)n1. The van der Waals surface area contributed by atoms with Crippen LogP contribution in [0.15, 0.2) is 46.3 Å². The second-order valence-corrected chi connectivity index (χ2v) is 11.4. The molecular formula is C22H21N6O5S3+. The number of oxime groups is 1. The van der Waals surface area contributed by atoms with Crippen molar-refractivity contribution in [2.24, 2.45) is 5.16 Å². The first kappa shape index (κ1) is 24.2. The second-order valence-electron chi connectivity index (χ2n) is 8.11. The minimum Gasteiger partial charge on any atom is -0.477 e. The van der Waals surface area contributed by atoms with Crippen LogP contribution >= 0.6 is 34.4 Å². The maximum absolute atomic E-state index is 13.0. The molecule has 0 aromatic carbocycles. The molecule has 186 valence electrons. The number of carbonyl (C=O) groups excluding carboxylic acids is 2. The Morgan fingerprint density at radius 3 is 2.94 bits per heavy atom. The van der Waals surface area contributed by atoms with Gasteiger partial charge < -0.3 is 21.0 Å². The molecule has 0 radical (unpaired) electrons. The molecular weight excluding hydrogens is 524 g/mol. The second kappa shape index (κ2) is 9.52. The molecule has 0 unspecified atom stereocenters. The molecule has 1 saturated heterocycles. The van der Waals surface area contributed by atoms with E-state index in [4.69, 9.17) is 10.6 Å². The fourth-order valence-electron chi connectivity index (χ4n) is 4.19. The molecule has 0 spiro atoms. The summed E-state index contributed by atoms with van der Waals surface area (Å²) in [7, 11) is 1.29. The van der Waals surface area contributed by atoms with Crippen LogP contribution < -0.4 is 15.6 Å². The van der Waals surface area contributed by atoms with Crippen LogP contribution in [0.5, 0.6) is 0 Å². The Bertz CT molecular complexity index is 1460. The quantitative estimate of drug-likeness (QED) is 0.174. The number of carboxylic acids is 1. The highest BCUT2D eigenvalue weighted by molar-refractivity contribution is 8.00. The number of thiophene rings is 1. The molecule has 4 N–H and O–H groups in total. The molecule has 1 fully saturated rings. The Morgan fingerprint density at radius 2 is 2.25 bits per heavy atom.